The Labute approximate surface area is 167 Å². The van der Waals surface area contributed by atoms with Gasteiger partial charge in [0.15, 0.2) is 11.6 Å². The molecule has 5 nitrogen and oxygen atoms in total. The first-order chi connectivity index (χ1) is 13.5. The highest BCUT2D eigenvalue weighted by atomic mass is 32.2. The summed E-state index contributed by atoms with van der Waals surface area (Å²) >= 11 is 1.63. The van der Waals surface area contributed by atoms with E-state index in [9.17, 15) is 9.50 Å². The normalized spacial score (nSPS) is 12.5. The predicted octanol–water partition coefficient (Wildman–Crippen LogP) is 4.68. The number of ether oxygens (including phenoxy) is 1. The molecular formula is C21H20FN3O2S. The molecule has 1 aliphatic heterocycles. The summed E-state index contributed by atoms with van der Waals surface area (Å²) in [7, 11) is 0. The highest BCUT2D eigenvalue weighted by Crippen LogP contribution is 2.43. The number of benzene rings is 1. The predicted molar refractivity (Wildman–Crippen MR) is 106 cm³/mol. The van der Waals surface area contributed by atoms with Crippen LogP contribution in [0.15, 0.2) is 35.5 Å². The van der Waals surface area contributed by atoms with E-state index in [1.165, 1.54) is 12.1 Å². The molecule has 0 amide bonds. The Morgan fingerprint density at radius 1 is 1.18 bits per heavy atom. The molecule has 0 saturated heterocycles. The summed E-state index contributed by atoms with van der Waals surface area (Å²) in [5, 5.41) is 10.9. The van der Waals surface area contributed by atoms with Gasteiger partial charge in [-0.3, -0.25) is 4.98 Å². The van der Waals surface area contributed by atoms with Gasteiger partial charge in [-0.05, 0) is 31.2 Å². The number of hydrogen-bond acceptors (Lipinski definition) is 6. The van der Waals surface area contributed by atoms with Crippen LogP contribution in [0.1, 0.15) is 36.2 Å². The number of aliphatic hydroxyl groups excluding tert-OH is 1. The number of aromatic nitrogens is 3. The number of nitrogens with zero attached hydrogens (tertiary/aromatic N) is 3. The minimum absolute atomic E-state index is 0.102. The van der Waals surface area contributed by atoms with Crippen LogP contribution in [0.4, 0.5) is 4.39 Å². The Morgan fingerprint density at radius 3 is 2.61 bits per heavy atom. The van der Waals surface area contributed by atoms with Gasteiger partial charge in [0.2, 0.25) is 5.88 Å². The third-order valence-corrected chi connectivity index (χ3v) is 5.54. The van der Waals surface area contributed by atoms with Crippen molar-refractivity contribution in [3.05, 3.63) is 58.7 Å². The Bertz CT molecular complexity index is 1040. The largest absolute Gasteiger partial charge is 0.436 e. The molecule has 0 atom stereocenters. The maximum atomic E-state index is 13.3. The van der Waals surface area contributed by atoms with Crippen LogP contribution in [-0.2, 0) is 13.0 Å². The van der Waals surface area contributed by atoms with Crippen LogP contribution in [0, 0.1) is 12.7 Å². The lowest BCUT2D eigenvalue weighted by Crippen LogP contribution is -2.13. The lowest BCUT2D eigenvalue weighted by molar-refractivity contribution is 0.278. The van der Waals surface area contributed by atoms with Crippen molar-refractivity contribution in [1.82, 2.24) is 15.0 Å². The van der Waals surface area contributed by atoms with Gasteiger partial charge in [-0.2, -0.15) is 4.98 Å². The van der Waals surface area contributed by atoms with Gasteiger partial charge in [0, 0.05) is 34.6 Å². The van der Waals surface area contributed by atoms with Crippen LogP contribution < -0.4 is 4.74 Å². The van der Waals surface area contributed by atoms with Crippen LogP contribution in [0.25, 0.3) is 11.4 Å². The Balaban J connectivity index is 1.86. The van der Waals surface area contributed by atoms with Gasteiger partial charge >= 0.3 is 0 Å². The Morgan fingerprint density at radius 2 is 1.93 bits per heavy atom. The highest BCUT2D eigenvalue weighted by molar-refractivity contribution is 7.99. The number of aliphatic hydroxyl groups is 1. The SMILES string of the molecule is Cc1ncc(CO)c2c1Oc1nc(-c3ccc(F)cc3)nc(SC(C)C)c1C2. The zero-order valence-electron chi connectivity index (χ0n) is 15.9. The minimum atomic E-state index is -0.304. The molecule has 144 valence electrons. The second-order valence-corrected chi connectivity index (χ2v) is 8.49. The van der Waals surface area contributed by atoms with Gasteiger partial charge in [-0.15, -0.1) is 11.8 Å². The summed E-state index contributed by atoms with van der Waals surface area (Å²) in [6.45, 7) is 5.97. The lowest BCUT2D eigenvalue weighted by atomic mass is 9.99. The molecule has 0 saturated carbocycles. The molecule has 1 aliphatic rings. The van der Waals surface area contributed by atoms with E-state index < -0.39 is 0 Å². The topological polar surface area (TPSA) is 68.1 Å². The smallest absolute Gasteiger partial charge is 0.227 e. The van der Waals surface area contributed by atoms with Crippen molar-refractivity contribution in [2.45, 2.75) is 44.1 Å². The quantitative estimate of drug-likeness (QED) is 0.398. The number of rotatable bonds is 4. The van der Waals surface area contributed by atoms with Crippen molar-refractivity contribution in [3.8, 4) is 23.0 Å². The third-order valence-electron chi connectivity index (χ3n) is 4.51. The second kappa shape index (κ2) is 7.48. The number of pyridine rings is 1. The molecule has 7 heteroatoms. The monoisotopic (exact) mass is 397 g/mol. The maximum absolute atomic E-state index is 13.3. The summed E-state index contributed by atoms with van der Waals surface area (Å²) in [5.74, 6) is 1.32. The van der Waals surface area contributed by atoms with Crippen LogP contribution in [0.3, 0.4) is 0 Å². The van der Waals surface area contributed by atoms with E-state index in [1.54, 1.807) is 30.1 Å². The fourth-order valence-electron chi connectivity index (χ4n) is 3.14. The number of fused-ring (bicyclic) bond motifs is 2. The molecule has 0 aliphatic carbocycles. The maximum Gasteiger partial charge on any atom is 0.227 e. The lowest BCUT2D eigenvalue weighted by Gasteiger charge is -2.24. The summed E-state index contributed by atoms with van der Waals surface area (Å²) in [5.41, 5.74) is 4.04. The standard InChI is InChI=1S/C21H20FN3O2S/c1-11(2)28-21-17-8-16-14(10-26)9-23-12(3)18(16)27-20(17)24-19(25-21)13-4-6-15(22)7-5-13/h4-7,9,11,26H,8,10H2,1-3H3. The van der Waals surface area contributed by atoms with Crippen molar-refractivity contribution < 1.29 is 14.2 Å². The zero-order valence-corrected chi connectivity index (χ0v) is 16.7. The molecule has 0 unspecified atom stereocenters. The van der Waals surface area contributed by atoms with Gasteiger partial charge in [0.05, 0.1) is 17.9 Å². The van der Waals surface area contributed by atoms with Crippen molar-refractivity contribution in [2.75, 3.05) is 0 Å². The van der Waals surface area contributed by atoms with Gasteiger partial charge in [0.1, 0.15) is 10.8 Å². The van der Waals surface area contributed by atoms with E-state index in [0.717, 1.165) is 33.0 Å². The average molecular weight is 397 g/mol. The minimum Gasteiger partial charge on any atom is -0.436 e. The molecule has 28 heavy (non-hydrogen) atoms. The van der Waals surface area contributed by atoms with Gasteiger partial charge < -0.3 is 9.84 Å². The number of aryl methyl sites for hydroxylation is 1. The molecule has 0 spiro atoms. The van der Waals surface area contributed by atoms with E-state index in [2.05, 4.69) is 23.8 Å². The molecular weight excluding hydrogens is 377 g/mol. The molecule has 1 aromatic carbocycles. The van der Waals surface area contributed by atoms with E-state index in [0.29, 0.717) is 29.1 Å². The first kappa shape index (κ1) is 18.8. The van der Waals surface area contributed by atoms with Crippen molar-refractivity contribution in [1.29, 1.82) is 0 Å². The van der Waals surface area contributed by atoms with Crippen LogP contribution in [0.2, 0.25) is 0 Å². The van der Waals surface area contributed by atoms with E-state index in [4.69, 9.17) is 9.72 Å². The third kappa shape index (κ3) is 3.47. The molecule has 1 N–H and O–H groups in total. The molecule has 0 radical (unpaired) electrons. The summed E-state index contributed by atoms with van der Waals surface area (Å²) in [4.78, 5) is 13.7. The molecule has 4 rings (SSSR count). The Kier molecular flexibility index (Phi) is 5.03. The van der Waals surface area contributed by atoms with Gasteiger partial charge in [0.25, 0.3) is 0 Å². The number of hydrogen-bond donors (Lipinski definition) is 1. The van der Waals surface area contributed by atoms with Crippen LogP contribution >= 0.6 is 11.8 Å². The highest BCUT2D eigenvalue weighted by Gasteiger charge is 2.28. The number of halogens is 1. The second-order valence-electron chi connectivity index (χ2n) is 6.92. The molecule has 3 heterocycles. The molecule has 0 fully saturated rings. The first-order valence-corrected chi connectivity index (χ1v) is 9.93. The van der Waals surface area contributed by atoms with E-state index in [-0.39, 0.29) is 12.4 Å². The number of thioether (sulfide) groups is 1. The average Bonchev–Trinajstić information content (AvgIpc) is 2.67. The van der Waals surface area contributed by atoms with Gasteiger partial charge in [-0.25, -0.2) is 9.37 Å². The summed E-state index contributed by atoms with van der Waals surface area (Å²) in [6.07, 6.45) is 2.26. The van der Waals surface area contributed by atoms with Crippen molar-refractivity contribution in [3.63, 3.8) is 0 Å². The van der Waals surface area contributed by atoms with Gasteiger partial charge in [-0.1, -0.05) is 13.8 Å². The van der Waals surface area contributed by atoms with Crippen molar-refractivity contribution in [2.24, 2.45) is 0 Å². The fraction of sp³-hybridized carbons (Fsp3) is 0.286. The summed E-state index contributed by atoms with van der Waals surface area (Å²) in [6, 6.07) is 6.11. The van der Waals surface area contributed by atoms with Crippen molar-refractivity contribution >= 4 is 11.8 Å². The molecule has 3 aromatic rings. The molecule has 2 aromatic heterocycles. The van der Waals surface area contributed by atoms with Crippen LogP contribution in [-0.4, -0.2) is 25.3 Å². The zero-order chi connectivity index (χ0) is 19.8. The first-order valence-electron chi connectivity index (χ1n) is 9.05. The fourth-order valence-corrected chi connectivity index (χ4v) is 4.03. The van der Waals surface area contributed by atoms with E-state index >= 15 is 0 Å². The Hall–Kier alpha value is -2.51. The van der Waals surface area contributed by atoms with E-state index in [1.807, 2.05) is 6.92 Å². The molecule has 0 bridgehead atoms. The summed E-state index contributed by atoms with van der Waals surface area (Å²) < 4.78 is 19.5. The van der Waals surface area contributed by atoms with Crippen LogP contribution in [0.5, 0.6) is 11.6 Å².